The van der Waals surface area contributed by atoms with Crippen molar-refractivity contribution in [2.75, 3.05) is 11.6 Å². The first-order chi connectivity index (χ1) is 15.6. The van der Waals surface area contributed by atoms with Crippen molar-refractivity contribution < 1.29 is 27.6 Å². The minimum Gasteiger partial charge on any atom is -0.290 e. The molecule has 0 radical (unpaired) electrons. The van der Waals surface area contributed by atoms with Crippen molar-refractivity contribution in [2.24, 2.45) is 23.7 Å². The average molecular weight is 475 g/mol. The highest BCUT2D eigenvalue weighted by atomic mass is 35.5. The highest BCUT2D eigenvalue weighted by molar-refractivity contribution is 6.30. The molecule has 0 N–H and O–H groups in total. The number of carbonyl (C=O) groups excluding carboxylic acids is 3. The number of nitrogens with zero attached hydrogens (tertiary/aromatic N) is 2. The van der Waals surface area contributed by atoms with Crippen molar-refractivity contribution in [2.45, 2.75) is 12.6 Å². The standard InChI is InChI=1S/C24H18ClF3N2O3/c25-17-8-6-13(7-9-17)21(31)29(18-3-1-2-16(11-18)24(26,27)28)12-30-22(32)19-14-4-5-15(10-14)20(19)23(30)33/h1-9,11,14-15,19-20H,10,12H2/t14-,15+,19-,20+. The van der Waals surface area contributed by atoms with Gasteiger partial charge in [-0.1, -0.05) is 29.8 Å². The second-order valence-corrected chi connectivity index (χ2v) is 8.97. The quantitative estimate of drug-likeness (QED) is 0.474. The van der Waals surface area contributed by atoms with E-state index in [1.807, 2.05) is 12.2 Å². The number of fused-ring (bicyclic) bond motifs is 5. The van der Waals surface area contributed by atoms with Crippen LogP contribution < -0.4 is 4.90 Å². The third-order valence-corrected chi connectivity index (χ3v) is 6.92. The molecule has 0 unspecified atom stereocenters. The van der Waals surface area contributed by atoms with E-state index in [2.05, 4.69) is 0 Å². The van der Waals surface area contributed by atoms with Gasteiger partial charge in [-0.2, -0.15) is 13.2 Å². The molecule has 2 aromatic carbocycles. The minimum absolute atomic E-state index is 0.0181. The van der Waals surface area contributed by atoms with Crippen LogP contribution in [0.25, 0.3) is 0 Å². The molecule has 170 valence electrons. The van der Waals surface area contributed by atoms with Gasteiger partial charge < -0.3 is 0 Å². The van der Waals surface area contributed by atoms with E-state index in [4.69, 9.17) is 11.6 Å². The fourth-order valence-electron chi connectivity index (χ4n) is 5.11. The number of hydrogen-bond acceptors (Lipinski definition) is 3. The van der Waals surface area contributed by atoms with E-state index < -0.39 is 36.2 Å². The van der Waals surface area contributed by atoms with Gasteiger partial charge in [-0.25, -0.2) is 0 Å². The maximum atomic E-state index is 13.3. The molecule has 1 aliphatic heterocycles. The van der Waals surface area contributed by atoms with E-state index in [-0.39, 0.29) is 34.9 Å². The molecule has 1 saturated heterocycles. The van der Waals surface area contributed by atoms with Gasteiger partial charge in [-0.3, -0.25) is 24.2 Å². The van der Waals surface area contributed by atoms with Crippen LogP contribution in [0.2, 0.25) is 5.02 Å². The van der Waals surface area contributed by atoms with Crippen LogP contribution in [0.3, 0.4) is 0 Å². The number of amides is 3. The summed E-state index contributed by atoms with van der Waals surface area (Å²) in [5.74, 6) is -2.40. The Morgan fingerprint density at radius 2 is 1.61 bits per heavy atom. The molecule has 2 fully saturated rings. The number of likely N-dealkylation sites (tertiary alicyclic amines) is 1. The molecule has 0 spiro atoms. The maximum absolute atomic E-state index is 13.3. The van der Waals surface area contributed by atoms with Gasteiger partial charge in [0, 0.05) is 16.3 Å². The monoisotopic (exact) mass is 474 g/mol. The molecule has 0 aromatic heterocycles. The topological polar surface area (TPSA) is 57.7 Å². The molecule has 1 heterocycles. The van der Waals surface area contributed by atoms with Crippen molar-refractivity contribution in [1.29, 1.82) is 0 Å². The molecule has 5 nitrogen and oxygen atoms in total. The zero-order chi connectivity index (χ0) is 23.5. The Labute approximate surface area is 192 Å². The van der Waals surface area contributed by atoms with E-state index >= 15 is 0 Å². The second-order valence-electron chi connectivity index (χ2n) is 8.53. The van der Waals surface area contributed by atoms with Crippen molar-refractivity contribution in [3.05, 3.63) is 76.8 Å². The summed E-state index contributed by atoms with van der Waals surface area (Å²) < 4.78 is 40.0. The summed E-state index contributed by atoms with van der Waals surface area (Å²) in [6, 6.07) is 10.1. The van der Waals surface area contributed by atoms with Crippen LogP contribution in [0.4, 0.5) is 18.9 Å². The molecule has 2 aromatic rings. The molecule has 9 heteroatoms. The van der Waals surface area contributed by atoms with Crippen LogP contribution in [-0.2, 0) is 15.8 Å². The Balaban J connectivity index is 1.51. The summed E-state index contributed by atoms with van der Waals surface area (Å²) in [7, 11) is 0. The van der Waals surface area contributed by atoms with E-state index in [9.17, 15) is 27.6 Å². The van der Waals surface area contributed by atoms with Gasteiger partial charge in [-0.05, 0) is 60.7 Å². The van der Waals surface area contributed by atoms with E-state index in [1.165, 1.54) is 36.4 Å². The number of alkyl halides is 3. The highest BCUT2D eigenvalue weighted by Gasteiger charge is 2.59. The van der Waals surface area contributed by atoms with Crippen LogP contribution in [0, 0.1) is 23.7 Å². The molecule has 33 heavy (non-hydrogen) atoms. The van der Waals surface area contributed by atoms with Crippen molar-refractivity contribution >= 4 is 35.0 Å². The van der Waals surface area contributed by atoms with Crippen molar-refractivity contribution in [3.63, 3.8) is 0 Å². The fraction of sp³-hybridized carbons (Fsp3) is 0.292. The van der Waals surface area contributed by atoms with Gasteiger partial charge in [0.25, 0.3) is 5.91 Å². The first kappa shape index (κ1) is 21.7. The van der Waals surface area contributed by atoms with Gasteiger partial charge >= 0.3 is 6.18 Å². The van der Waals surface area contributed by atoms with Gasteiger partial charge in [0.2, 0.25) is 11.8 Å². The number of carbonyl (C=O) groups is 3. The number of rotatable bonds is 4. The molecule has 2 aliphatic carbocycles. The molecular weight excluding hydrogens is 457 g/mol. The predicted molar refractivity (Wildman–Crippen MR) is 114 cm³/mol. The van der Waals surface area contributed by atoms with E-state index in [0.717, 1.165) is 28.4 Å². The number of imide groups is 1. The zero-order valence-electron chi connectivity index (χ0n) is 17.1. The van der Waals surface area contributed by atoms with E-state index in [0.29, 0.717) is 5.02 Å². The number of hydrogen-bond donors (Lipinski definition) is 0. The Bertz CT molecular complexity index is 1150. The molecule has 3 aliphatic rings. The summed E-state index contributed by atoms with van der Waals surface area (Å²) >= 11 is 5.89. The lowest BCUT2D eigenvalue weighted by Gasteiger charge is -2.28. The van der Waals surface area contributed by atoms with E-state index in [1.54, 1.807) is 0 Å². The summed E-state index contributed by atoms with van der Waals surface area (Å²) in [5, 5.41) is 0.387. The van der Waals surface area contributed by atoms with Crippen molar-refractivity contribution in [3.8, 4) is 0 Å². The van der Waals surface area contributed by atoms with Gasteiger partial charge in [0.1, 0.15) is 6.67 Å². The number of anilines is 1. The van der Waals surface area contributed by atoms with Gasteiger partial charge in [0.05, 0.1) is 17.4 Å². The maximum Gasteiger partial charge on any atom is 0.416 e. The first-order valence-electron chi connectivity index (χ1n) is 10.4. The lowest BCUT2D eigenvalue weighted by atomic mass is 9.85. The third-order valence-electron chi connectivity index (χ3n) is 6.67. The molecule has 2 bridgehead atoms. The summed E-state index contributed by atoms with van der Waals surface area (Å²) in [5.41, 5.74) is -0.839. The Kier molecular flexibility index (Phi) is 5.08. The lowest BCUT2D eigenvalue weighted by molar-refractivity contribution is -0.141. The first-order valence-corrected chi connectivity index (χ1v) is 10.8. The molecule has 5 rings (SSSR count). The molecule has 1 saturated carbocycles. The molecular formula is C24H18ClF3N2O3. The molecule has 3 amide bonds. The van der Waals surface area contributed by atoms with Crippen molar-refractivity contribution in [1.82, 2.24) is 4.90 Å². The predicted octanol–water partition coefficient (Wildman–Crippen LogP) is 4.77. The van der Waals surface area contributed by atoms with Gasteiger partial charge in [-0.15, -0.1) is 0 Å². The summed E-state index contributed by atoms with van der Waals surface area (Å²) in [6.45, 7) is -0.465. The SMILES string of the molecule is O=C1[C@@H]2[C@H](C(=O)N1CN(C(=O)c1ccc(Cl)cc1)c1cccc(C(F)(F)F)c1)[C@@H]1C=C[C@H]2C1. The van der Waals surface area contributed by atoms with Gasteiger partial charge in [0.15, 0.2) is 0 Å². The Morgan fingerprint density at radius 1 is 1.00 bits per heavy atom. The fourth-order valence-corrected chi connectivity index (χ4v) is 5.23. The summed E-state index contributed by atoms with van der Waals surface area (Å²) in [4.78, 5) is 41.6. The average Bonchev–Trinajstić information content (AvgIpc) is 3.46. The number of allylic oxidation sites excluding steroid dienone is 2. The third kappa shape index (κ3) is 3.62. The minimum atomic E-state index is -4.62. The zero-order valence-corrected chi connectivity index (χ0v) is 17.9. The largest absolute Gasteiger partial charge is 0.416 e. The van der Waals surface area contributed by atoms with Crippen LogP contribution in [0.15, 0.2) is 60.7 Å². The Morgan fingerprint density at radius 3 is 2.18 bits per heavy atom. The van der Waals surface area contributed by atoms with Crippen LogP contribution >= 0.6 is 11.6 Å². The molecule has 4 atom stereocenters. The second kappa shape index (κ2) is 7.73. The van der Waals surface area contributed by atoms with Crippen LogP contribution in [-0.4, -0.2) is 29.3 Å². The van der Waals surface area contributed by atoms with Crippen LogP contribution in [0.1, 0.15) is 22.3 Å². The highest BCUT2D eigenvalue weighted by Crippen LogP contribution is 2.52. The Hall–Kier alpha value is -3.13. The summed E-state index contributed by atoms with van der Waals surface area (Å²) in [6.07, 6.45) is 0.0295. The smallest absolute Gasteiger partial charge is 0.290 e. The number of halogens is 4. The lowest BCUT2D eigenvalue weighted by Crippen LogP contribution is -2.45. The number of benzene rings is 2. The van der Waals surface area contributed by atoms with Crippen LogP contribution in [0.5, 0.6) is 0 Å². The normalized spacial score (nSPS) is 25.6.